The molecule has 0 amide bonds. The fourth-order valence-electron chi connectivity index (χ4n) is 2.83. The standard InChI is InChI=1S/C21H17NO3/c1-23-16-9-11-19(24-2)17(13-16)21-22-18-12-15(8-10-20(18)25-21)14-6-4-3-5-7-14/h3-13H,1-2H3. The summed E-state index contributed by atoms with van der Waals surface area (Å²) in [5.41, 5.74) is 4.55. The van der Waals surface area contributed by atoms with E-state index in [2.05, 4.69) is 17.1 Å². The molecule has 0 saturated heterocycles. The van der Waals surface area contributed by atoms with E-state index in [0.29, 0.717) is 11.6 Å². The molecule has 0 bridgehead atoms. The number of aromatic nitrogens is 1. The van der Waals surface area contributed by atoms with Gasteiger partial charge >= 0.3 is 0 Å². The zero-order chi connectivity index (χ0) is 17.2. The van der Waals surface area contributed by atoms with Crippen LogP contribution in [-0.2, 0) is 0 Å². The van der Waals surface area contributed by atoms with Crippen LogP contribution in [0.4, 0.5) is 0 Å². The maximum absolute atomic E-state index is 5.94. The van der Waals surface area contributed by atoms with E-state index in [9.17, 15) is 0 Å². The first-order chi connectivity index (χ1) is 12.3. The van der Waals surface area contributed by atoms with Gasteiger partial charge in [0.2, 0.25) is 5.89 Å². The molecule has 4 aromatic rings. The van der Waals surface area contributed by atoms with Crippen LogP contribution < -0.4 is 9.47 Å². The van der Waals surface area contributed by atoms with Crippen LogP contribution in [0.3, 0.4) is 0 Å². The van der Waals surface area contributed by atoms with Crippen LogP contribution in [0.2, 0.25) is 0 Å². The van der Waals surface area contributed by atoms with Gasteiger partial charge in [-0.3, -0.25) is 0 Å². The van der Waals surface area contributed by atoms with Crippen molar-refractivity contribution in [3.05, 3.63) is 66.7 Å². The van der Waals surface area contributed by atoms with Crippen molar-refractivity contribution in [2.45, 2.75) is 0 Å². The third-order valence-corrected chi connectivity index (χ3v) is 4.13. The fraction of sp³-hybridized carbons (Fsp3) is 0.0952. The zero-order valence-electron chi connectivity index (χ0n) is 14.0. The molecule has 0 aliphatic heterocycles. The fourth-order valence-corrected chi connectivity index (χ4v) is 2.83. The van der Waals surface area contributed by atoms with Gasteiger partial charge in [0.1, 0.15) is 17.0 Å². The predicted molar refractivity (Wildman–Crippen MR) is 98.0 cm³/mol. The largest absolute Gasteiger partial charge is 0.497 e. The average molecular weight is 331 g/mol. The van der Waals surface area contributed by atoms with E-state index in [-0.39, 0.29) is 0 Å². The Hall–Kier alpha value is -3.27. The van der Waals surface area contributed by atoms with Gasteiger partial charge in [-0.25, -0.2) is 4.98 Å². The molecule has 1 aromatic heterocycles. The molecule has 124 valence electrons. The topological polar surface area (TPSA) is 44.5 Å². The quantitative estimate of drug-likeness (QED) is 0.517. The van der Waals surface area contributed by atoms with E-state index in [0.717, 1.165) is 33.5 Å². The maximum Gasteiger partial charge on any atom is 0.231 e. The number of fused-ring (bicyclic) bond motifs is 1. The molecule has 25 heavy (non-hydrogen) atoms. The smallest absolute Gasteiger partial charge is 0.231 e. The molecule has 4 nitrogen and oxygen atoms in total. The van der Waals surface area contributed by atoms with Crippen molar-refractivity contribution in [1.82, 2.24) is 4.98 Å². The third-order valence-electron chi connectivity index (χ3n) is 4.13. The van der Waals surface area contributed by atoms with Crippen LogP contribution in [0.1, 0.15) is 0 Å². The van der Waals surface area contributed by atoms with Crippen molar-refractivity contribution in [2.24, 2.45) is 0 Å². The van der Waals surface area contributed by atoms with Crippen LogP contribution in [0.25, 0.3) is 33.7 Å². The second-order valence-electron chi connectivity index (χ2n) is 5.63. The normalized spacial score (nSPS) is 10.8. The minimum absolute atomic E-state index is 0.510. The minimum Gasteiger partial charge on any atom is -0.497 e. The van der Waals surface area contributed by atoms with Crippen molar-refractivity contribution >= 4 is 11.1 Å². The summed E-state index contributed by atoms with van der Waals surface area (Å²) in [7, 11) is 3.26. The number of nitrogens with zero attached hydrogens (tertiary/aromatic N) is 1. The maximum atomic E-state index is 5.94. The second kappa shape index (κ2) is 6.32. The molecule has 0 aliphatic rings. The van der Waals surface area contributed by atoms with Gasteiger partial charge in [0.05, 0.1) is 19.8 Å². The number of rotatable bonds is 4. The number of benzene rings is 3. The lowest BCUT2D eigenvalue weighted by molar-refractivity contribution is 0.403. The SMILES string of the molecule is COc1ccc(OC)c(-c2nc3cc(-c4ccccc4)ccc3o2)c1. The molecule has 0 radical (unpaired) electrons. The number of hydrogen-bond acceptors (Lipinski definition) is 4. The van der Waals surface area contributed by atoms with Gasteiger partial charge in [0.25, 0.3) is 0 Å². The summed E-state index contributed by atoms with van der Waals surface area (Å²) in [5, 5.41) is 0. The Bertz CT molecular complexity index is 1020. The van der Waals surface area contributed by atoms with Gasteiger partial charge in [-0.2, -0.15) is 0 Å². The van der Waals surface area contributed by atoms with E-state index < -0.39 is 0 Å². The van der Waals surface area contributed by atoms with Crippen molar-refractivity contribution in [3.8, 4) is 34.1 Å². The van der Waals surface area contributed by atoms with Gasteiger partial charge in [-0.15, -0.1) is 0 Å². The molecule has 1 heterocycles. The molecule has 0 saturated carbocycles. The van der Waals surface area contributed by atoms with Gasteiger partial charge in [0.15, 0.2) is 5.58 Å². The zero-order valence-corrected chi connectivity index (χ0v) is 14.0. The first kappa shape index (κ1) is 15.3. The summed E-state index contributed by atoms with van der Waals surface area (Å²) in [4.78, 5) is 4.65. The highest BCUT2D eigenvalue weighted by molar-refractivity contribution is 5.83. The number of methoxy groups -OCH3 is 2. The first-order valence-corrected chi connectivity index (χ1v) is 7.97. The summed E-state index contributed by atoms with van der Waals surface area (Å²) >= 11 is 0. The van der Waals surface area contributed by atoms with Crippen molar-refractivity contribution < 1.29 is 13.9 Å². The lowest BCUT2D eigenvalue weighted by atomic mass is 10.1. The van der Waals surface area contributed by atoms with E-state index in [4.69, 9.17) is 13.9 Å². The van der Waals surface area contributed by atoms with Gasteiger partial charge in [0, 0.05) is 0 Å². The van der Waals surface area contributed by atoms with E-state index in [1.165, 1.54) is 0 Å². The molecule has 4 heteroatoms. The summed E-state index contributed by atoms with van der Waals surface area (Å²) in [5.74, 6) is 1.93. The second-order valence-corrected chi connectivity index (χ2v) is 5.63. The van der Waals surface area contributed by atoms with E-state index in [1.807, 2.05) is 54.6 Å². The Kier molecular flexibility index (Phi) is 3.86. The first-order valence-electron chi connectivity index (χ1n) is 7.97. The molecule has 0 N–H and O–H groups in total. The lowest BCUT2D eigenvalue weighted by Crippen LogP contribution is -1.90. The molecular weight excluding hydrogens is 314 g/mol. The number of hydrogen-bond donors (Lipinski definition) is 0. The predicted octanol–water partition coefficient (Wildman–Crippen LogP) is 5.18. The lowest BCUT2D eigenvalue weighted by Gasteiger charge is -2.07. The van der Waals surface area contributed by atoms with Crippen molar-refractivity contribution in [3.63, 3.8) is 0 Å². The molecular formula is C21H17NO3. The molecule has 0 unspecified atom stereocenters. The Morgan fingerprint density at radius 3 is 2.40 bits per heavy atom. The Labute approximate surface area is 145 Å². The number of ether oxygens (including phenoxy) is 2. The highest BCUT2D eigenvalue weighted by Crippen LogP contribution is 2.35. The number of oxazole rings is 1. The highest BCUT2D eigenvalue weighted by atomic mass is 16.5. The third kappa shape index (κ3) is 2.83. The summed E-state index contributed by atoms with van der Waals surface area (Å²) in [6.45, 7) is 0. The summed E-state index contributed by atoms with van der Waals surface area (Å²) < 4.78 is 16.7. The molecule has 0 atom stereocenters. The van der Waals surface area contributed by atoms with Crippen LogP contribution in [0.15, 0.2) is 71.1 Å². The van der Waals surface area contributed by atoms with Crippen LogP contribution in [0, 0.1) is 0 Å². The molecule has 3 aromatic carbocycles. The molecule has 0 aliphatic carbocycles. The van der Waals surface area contributed by atoms with E-state index in [1.54, 1.807) is 14.2 Å². The van der Waals surface area contributed by atoms with Crippen LogP contribution >= 0.6 is 0 Å². The Morgan fingerprint density at radius 2 is 1.64 bits per heavy atom. The Balaban J connectivity index is 1.82. The van der Waals surface area contributed by atoms with Crippen molar-refractivity contribution in [1.29, 1.82) is 0 Å². The monoisotopic (exact) mass is 331 g/mol. The van der Waals surface area contributed by atoms with Crippen LogP contribution in [-0.4, -0.2) is 19.2 Å². The average Bonchev–Trinajstić information content (AvgIpc) is 3.11. The summed E-state index contributed by atoms with van der Waals surface area (Å²) in [6, 6.07) is 21.8. The molecule has 4 rings (SSSR count). The summed E-state index contributed by atoms with van der Waals surface area (Å²) in [6.07, 6.45) is 0. The van der Waals surface area contributed by atoms with Crippen LogP contribution in [0.5, 0.6) is 11.5 Å². The van der Waals surface area contributed by atoms with Crippen molar-refractivity contribution in [2.75, 3.05) is 14.2 Å². The highest BCUT2D eigenvalue weighted by Gasteiger charge is 2.15. The van der Waals surface area contributed by atoms with Gasteiger partial charge < -0.3 is 13.9 Å². The molecule has 0 fully saturated rings. The minimum atomic E-state index is 0.510. The van der Waals surface area contributed by atoms with Gasteiger partial charge in [-0.05, 0) is 41.5 Å². The van der Waals surface area contributed by atoms with E-state index >= 15 is 0 Å². The van der Waals surface area contributed by atoms with Gasteiger partial charge in [-0.1, -0.05) is 36.4 Å². The Morgan fingerprint density at radius 1 is 0.800 bits per heavy atom. The molecule has 0 spiro atoms.